The van der Waals surface area contributed by atoms with E-state index in [1.807, 2.05) is 25.6 Å². The number of hydrogen-bond acceptors (Lipinski definition) is 4. The van der Waals surface area contributed by atoms with E-state index in [1.165, 1.54) is 0 Å². The molecule has 0 bridgehead atoms. The summed E-state index contributed by atoms with van der Waals surface area (Å²) in [6.45, 7) is 5.31. The molecule has 3 N–H and O–H groups in total. The third-order valence-corrected chi connectivity index (χ3v) is 3.63. The number of nitrogens with two attached hydrogens (primary N) is 1. The third kappa shape index (κ3) is 3.04. The van der Waals surface area contributed by atoms with Crippen LogP contribution in [0.25, 0.3) is 0 Å². The monoisotopic (exact) mass is 245 g/mol. The number of nitrogens with zero attached hydrogens (tertiary/aromatic N) is 2. The lowest BCUT2D eigenvalue weighted by molar-refractivity contribution is -0.134. The van der Waals surface area contributed by atoms with Gasteiger partial charge in [0.1, 0.15) is 5.92 Å². The number of oxime groups is 1. The Balaban J connectivity index is 2.74. The molecule has 1 atom stereocenters. The Kier molecular flexibility index (Phi) is 4.92. The number of amidine groups is 1. The Bertz CT molecular complexity index is 275. The van der Waals surface area contributed by atoms with Gasteiger partial charge in [-0.3, -0.25) is 4.79 Å². The molecule has 0 aromatic heterocycles. The second-order valence-corrected chi connectivity index (χ2v) is 5.41. The van der Waals surface area contributed by atoms with E-state index >= 15 is 0 Å². The van der Waals surface area contributed by atoms with Gasteiger partial charge < -0.3 is 15.8 Å². The Labute approximate surface area is 100 Å². The lowest BCUT2D eigenvalue weighted by atomic mass is 9.93. The minimum absolute atomic E-state index is 0.0122. The number of carbonyl (C=O) groups is 1. The number of hydrogen-bond donors (Lipinski definition) is 2. The quantitative estimate of drug-likeness (QED) is 0.330. The highest BCUT2D eigenvalue weighted by molar-refractivity contribution is 7.99. The summed E-state index contributed by atoms with van der Waals surface area (Å²) in [7, 11) is 0. The standard InChI is InChI=1S/C10H19N3O2S/c1-7(2)8(9(11)12-15)10(14)13-3-5-16-6-4-13/h7-8,15H,3-6H2,1-2H3,(H2,11,12). The fourth-order valence-corrected chi connectivity index (χ4v) is 2.70. The maximum atomic E-state index is 12.2. The van der Waals surface area contributed by atoms with Crippen LogP contribution in [0.15, 0.2) is 5.16 Å². The summed E-state index contributed by atoms with van der Waals surface area (Å²) in [4.78, 5) is 14.0. The first-order valence-electron chi connectivity index (χ1n) is 5.42. The topological polar surface area (TPSA) is 78.9 Å². The molecule has 1 fully saturated rings. The third-order valence-electron chi connectivity index (χ3n) is 2.69. The van der Waals surface area contributed by atoms with Crippen molar-refractivity contribution in [1.29, 1.82) is 0 Å². The molecule has 0 aliphatic carbocycles. The first kappa shape index (κ1) is 13.2. The van der Waals surface area contributed by atoms with Gasteiger partial charge in [0.2, 0.25) is 5.91 Å². The highest BCUT2D eigenvalue weighted by Crippen LogP contribution is 2.18. The number of amides is 1. The molecule has 0 aromatic carbocycles. The normalized spacial score (nSPS) is 19.9. The van der Waals surface area contributed by atoms with Gasteiger partial charge >= 0.3 is 0 Å². The minimum atomic E-state index is -0.506. The summed E-state index contributed by atoms with van der Waals surface area (Å²) >= 11 is 1.85. The zero-order chi connectivity index (χ0) is 12.1. The van der Waals surface area contributed by atoms with Crippen molar-refractivity contribution >= 4 is 23.5 Å². The smallest absolute Gasteiger partial charge is 0.233 e. The van der Waals surface area contributed by atoms with Crippen LogP contribution >= 0.6 is 11.8 Å². The van der Waals surface area contributed by atoms with Gasteiger partial charge in [0.05, 0.1) is 0 Å². The molecule has 1 rings (SSSR count). The van der Waals surface area contributed by atoms with Crippen molar-refractivity contribution in [3.05, 3.63) is 0 Å². The van der Waals surface area contributed by atoms with Crippen LogP contribution in [0.1, 0.15) is 13.8 Å². The molecular formula is C10H19N3O2S. The van der Waals surface area contributed by atoms with Crippen LogP contribution in [0.2, 0.25) is 0 Å². The van der Waals surface area contributed by atoms with Gasteiger partial charge in [0.15, 0.2) is 5.84 Å². The van der Waals surface area contributed by atoms with E-state index in [1.54, 1.807) is 4.90 Å². The molecule has 6 heteroatoms. The van der Waals surface area contributed by atoms with Crippen LogP contribution in [0.3, 0.4) is 0 Å². The molecule has 0 aromatic rings. The molecule has 92 valence electrons. The molecule has 0 saturated carbocycles. The summed E-state index contributed by atoms with van der Waals surface area (Å²) in [6, 6.07) is 0. The summed E-state index contributed by atoms with van der Waals surface area (Å²) in [6.07, 6.45) is 0. The van der Waals surface area contributed by atoms with Crippen molar-refractivity contribution < 1.29 is 10.0 Å². The molecule has 16 heavy (non-hydrogen) atoms. The van der Waals surface area contributed by atoms with E-state index < -0.39 is 5.92 Å². The predicted octanol–water partition coefficient (Wildman–Crippen LogP) is 0.580. The lowest BCUT2D eigenvalue weighted by Gasteiger charge is -2.31. The van der Waals surface area contributed by atoms with Gasteiger partial charge in [-0.2, -0.15) is 11.8 Å². The van der Waals surface area contributed by atoms with E-state index in [0.717, 1.165) is 24.6 Å². The van der Waals surface area contributed by atoms with Crippen molar-refractivity contribution in [3.8, 4) is 0 Å². The molecule has 1 aliphatic heterocycles. The predicted molar refractivity (Wildman–Crippen MR) is 65.6 cm³/mol. The van der Waals surface area contributed by atoms with Crippen LogP contribution in [0, 0.1) is 11.8 Å². The molecule has 1 amide bonds. The highest BCUT2D eigenvalue weighted by Gasteiger charge is 2.31. The van der Waals surface area contributed by atoms with Crippen molar-refractivity contribution in [3.63, 3.8) is 0 Å². The lowest BCUT2D eigenvalue weighted by Crippen LogP contribution is -2.47. The zero-order valence-electron chi connectivity index (χ0n) is 9.72. The van der Waals surface area contributed by atoms with E-state index in [-0.39, 0.29) is 17.7 Å². The molecule has 0 spiro atoms. The number of rotatable bonds is 3. The second kappa shape index (κ2) is 5.98. The van der Waals surface area contributed by atoms with Gasteiger partial charge in [0.25, 0.3) is 0 Å². The fraction of sp³-hybridized carbons (Fsp3) is 0.800. The van der Waals surface area contributed by atoms with Crippen molar-refractivity contribution in [2.24, 2.45) is 22.7 Å². The average Bonchev–Trinajstić information content (AvgIpc) is 2.29. The fourth-order valence-electron chi connectivity index (χ4n) is 1.80. The van der Waals surface area contributed by atoms with Crippen LogP contribution in [-0.4, -0.2) is 46.4 Å². The van der Waals surface area contributed by atoms with Crippen LogP contribution in [0.5, 0.6) is 0 Å². The van der Waals surface area contributed by atoms with Crippen LogP contribution < -0.4 is 5.73 Å². The molecule has 1 aliphatic rings. The Morgan fingerprint density at radius 1 is 1.44 bits per heavy atom. The van der Waals surface area contributed by atoms with Crippen molar-refractivity contribution in [1.82, 2.24) is 4.90 Å². The summed E-state index contributed by atoms with van der Waals surface area (Å²) < 4.78 is 0. The average molecular weight is 245 g/mol. The van der Waals surface area contributed by atoms with Gasteiger partial charge in [-0.05, 0) is 5.92 Å². The SMILES string of the molecule is CC(C)C(C(=O)N1CCSCC1)C(N)=NO. The van der Waals surface area contributed by atoms with E-state index in [2.05, 4.69) is 5.16 Å². The van der Waals surface area contributed by atoms with Crippen LogP contribution in [-0.2, 0) is 4.79 Å². The Hall–Kier alpha value is -0.910. The Morgan fingerprint density at radius 2 is 2.00 bits per heavy atom. The highest BCUT2D eigenvalue weighted by atomic mass is 32.2. The largest absolute Gasteiger partial charge is 0.409 e. The zero-order valence-corrected chi connectivity index (χ0v) is 10.5. The van der Waals surface area contributed by atoms with Gasteiger partial charge in [-0.15, -0.1) is 0 Å². The van der Waals surface area contributed by atoms with Gasteiger partial charge in [0, 0.05) is 24.6 Å². The maximum absolute atomic E-state index is 12.2. The molecular weight excluding hydrogens is 226 g/mol. The molecule has 1 heterocycles. The number of thioether (sulfide) groups is 1. The summed E-state index contributed by atoms with van der Waals surface area (Å²) in [5.74, 6) is 1.45. The molecule has 1 unspecified atom stereocenters. The van der Waals surface area contributed by atoms with Crippen molar-refractivity contribution in [2.45, 2.75) is 13.8 Å². The van der Waals surface area contributed by atoms with Gasteiger partial charge in [-0.1, -0.05) is 19.0 Å². The maximum Gasteiger partial charge on any atom is 0.233 e. The molecule has 0 radical (unpaired) electrons. The van der Waals surface area contributed by atoms with Crippen molar-refractivity contribution in [2.75, 3.05) is 24.6 Å². The van der Waals surface area contributed by atoms with Crippen LogP contribution in [0.4, 0.5) is 0 Å². The number of carbonyl (C=O) groups excluding carboxylic acids is 1. The van der Waals surface area contributed by atoms with E-state index in [9.17, 15) is 4.79 Å². The van der Waals surface area contributed by atoms with E-state index in [0.29, 0.717) is 0 Å². The Morgan fingerprint density at radius 3 is 2.44 bits per heavy atom. The molecule has 5 nitrogen and oxygen atoms in total. The first-order valence-corrected chi connectivity index (χ1v) is 6.57. The molecule has 1 saturated heterocycles. The summed E-state index contributed by atoms with van der Waals surface area (Å²) in [5, 5.41) is 11.7. The second-order valence-electron chi connectivity index (χ2n) is 4.18. The van der Waals surface area contributed by atoms with E-state index in [4.69, 9.17) is 10.9 Å². The minimum Gasteiger partial charge on any atom is -0.409 e. The summed E-state index contributed by atoms with van der Waals surface area (Å²) in [5.41, 5.74) is 5.57. The van der Waals surface area contributed by atoms with Gasteiger partial charge in [-0.25, -0.2) is 0 Å². The first-order chi connectivity index (χ1) is 7.57.